The SMILES string of the molecule is Nc1n[nH]c2cc(OCC3CCN(C(=O)c4ccccc4F)CC3)ccc12. The molecule has 27 heavy (non-hydrogen) atoms. The van der Waals surface area contributed by atoms with E-state index < -0.39 is 5.82 Å². The maximum atomic E-state index is 13.8. The van der Waals surface area contributed by atoms with E-state index in [0.717, 1.165) is 29.5 Å². The van der Waals surface area contributed by atoms with Crippen molar-refractivity contribution in [3.05, 3.63) is 53.8 Å². The number of amides is 1. The highest BCUT2D eigenvalue weighted by atomic mass is 19.1. The lowest BCUT2D eigenvalue weighted by molar-refractivity contribution is 0.0656. The number of H-pyrrole nitrogens is 1. The molecule has 0 spiro atoms. The Morgan fingerprint density at radius 3 is 2.81 bits per heavy atom. The summed E-state index contributed by atoms with van der Waals surface area (Å²) in [5.74, 6) is 0.884. The van der Waals surface area contributed by atoms with E-state index in [1.165, 1.54) is 12.1 Å². The average molecular weight is 368 g/mol. The van der Waals surface area contributed by atoms with Crippen LogP contribution in [0.5, 0.6) is 5.75 Å². The van der Waals surface area contributed by atoms with Crippen LogP contribution in [-0.2, 0) is 0 Å². The van der Waals surface area contributed by atoms with Gasteiger partial charge in [0.05, 0.1) is 17.7 Å². The van der Waals surface area contributed by atoms with Gasteiger partial charge in [-0.3, -0.25) is 9.89 Å². The highest BCUT2D eigenvalue weighted by Gasteiger charge is 2.25. The molecule has 0 bridgehead atoms. The second-order valence-corrected chi connectivity index (χ2v) is 6.84. The van der Waals surface area contributed by atoms with Crippen LogP contribution in [0.25, 0.3) is 10.9 Å². The molecular formula is C20H21FN4O2. The van der Waals surface area contributed by atoms with Gasteiger partial charge in [-0.15, -0.1) is 0 Å². The third-order valence-electron chi connectivity index (χ3n) is 5.06. The average Bonchev–Trinajstić information content (AvgIpc) is 3.07. The molecule has 3 aromatic rings. The number of nitrogens with zero attached hydrogens (tertiary/aromatic N) is 2. The number of carbonyl (C=O) groups is 1. The summed E-state index contributed by atoms with van der Waals surface area (Å²) < 4.78 is 19.7. The van der Waals surface area contributed by atoms with E-state index in [2.05, 4.69) is 10.2 Å². The minimum Gasteiger partial charge on any atom is -0.493 e. The first-order valence-corrected chi connectivity index (χ1v) is 9.02. The van der Waals surface area contributed by atoms with Crippen LogP contribution in [0.15, 0.2) is 42.5 Å². The molecule has 140 valence electrons. The van der Waals surface area contributed by atoms with E-state index >= 15 is 0 Å². The van der Waals surface area contributed by atoms with Crippen LogP contribution in [0.4, 0.5) is 10.2 Å². The molecule has 1 aliphatic rings. The van der Waals surface area contributed by atoms with Gasteiger partial charge in [0.25, 0.3) is 5.91 Å². The van der Waals surface area contributed by atoms with Gasteiger partial charge in [-0.2, -0.15) is 5.10 Å². The van der Waals surface area contributed by atoms with Crippen molar-refractivity contribution >= 4 is 22.6 Å². The number of benzene rings is 2. The second kappa shape index (κ2) is 7.26. The minimum absolute atomic E-state index is 0.138. The van der Waals surface area contributed by atoms with Crippen molar-refractivity contribution in [2.45, 2.75) is 12.8 Å². The number of hydrogen-bond donors (Lipinski definition) is 2. The number of rotatable bonds is 4. The number of aromatic nitrogens is 2. The largest absolute Gasteiger partial charge is 0.493 e. The van der Waals surface area contributed by atoms with Gasteiger partial charge in [0.15, 0.2) is 5.82 Å². The summed E-state index contributed by atoms with van der Waals surface area (Å²) in [5, 5.41) is 7.73. The minimum atomic E-state index is -0.470. The molecule has 1 aliphatic heterocycles. The molecule has 2 aromatic carbocycles. The topological polar surface area (TPSA) is 84.2 Å². The molecule has 0 aliphatic carbocycles. The molecular weight excluding hydrogens is 347 g/mol. The van der Waals surface area contributed by atoms with E-state index in [-0.39, 0.29) is 11.5 Å². The number of likely N-dealkylation sites (tertiary alicyclic amines) is 1. The monoisotopic (exact) mass is 368 g/mol. The first kappa shape index (κ1) is 17.3. The molecule has 3 N–H and O–H groups in total. The number of hydrogen-bond acceptors (Lipinski definition) is 4. The van der Waals surface area contributed by atoms with E-state index in [4.69, 9.17) is 10.5 Å². The Morgan fingerprint density at radius 1 is 1.26 bits per heavy atom. The number of piperidine rings is 1. The van der Waals surface area contributed by atoms with Crippen LogP contribution in [0.1, 0.15) is 23.2 Å². The molecule has 1 amide bonds. The van der Waals surface area contributed by atoms with E-state index in [1.807, 2.05) is 18.2 Å². The van der Waals surface area contributed by atoms with Gasteiger partial charge in [-0.1, -0.05) is 12.1 Å². The molecule has 0 atom stereocenters. The molecule has 2 heterocycles. The Morgan fingerprint density at radius 2 is 2.04 bits per heavy atom. The lowest BCUT2D eigenvalue weighted by Crippen LogP contribution is -2.40. The summed E-state index contributed by atoms with van der Waals surface area (Å²) in [4.78, 5) is 14.2. The summed E-state index contributed by atoms with van der Waals surface area (Å²) >= 11 is 0. The fraction of sp³-hybridized carbons (Fsp3) is 0.300. The quantitative estimate of drug-likeness (QED) is 0.741. The van der Waals surface area contributed by atoms with Gasteiger partial charge in [0, 0.05) is 24.5 Å². The zero-order valence-corrected chi connectivity index (χ0v) is 14.8. The molecule has 6 nitrogen and oxygen atoms in total. The van der Waals surface area contributed by atoms with Crippen molar-refractivity contribution in [1.29, 1.82) is 0 Å². The molecule has 1 fully saturated rings. The van der Waals surface area contributed by atoms with Crippen molar-refractivity contribution in [2.24, 2.45) is 5.92 Å². The predicted molar refractivity (Wildman–Crippen MR) is 101 cm³/mol. The number of fused-ring (bicyclic) bond motifs is 1. The van der Waals surface area contributed by atoms with Crippen molar-refractivity contribution < 1.29 is 13.9 Å². The Balaban J connectivity index is 1.31. The van der Waals surface area contributed by atoms with E-state index in [9.17, 15) is 9.18 Å². The zero-order chi connectivity index (χ0) is 18.8. The lowest BCUT2D eigenvalue weighted by atomic mass is 9.97. The molecule has 4 rings (SSSR count). The van der Waals surface area contributed by atoms with Crippen molar-refractivity contribution in [3.8, 4) is 5.75 Å². The van der Waals surface area contributed by atoms with Crippen molar-refractivity contribution in [1.82, 2.24) is 15.1 Å². The maximum absolute atomic E-state index is 13.8. The normalized spacial score (nSPS) is 15.2. The number of nitrogens with two attached hydrogens (primary N) is 1. The Bertz CT molecular complexity index is 964. The van der Waals surface area contributed by atoms with E-state index in [0.29, 0.717) is 31.4 Å². The Hall–Kier alpha value is -3.09. The number of carbonyl (C=O) groups excluding carboxylic acids is 1. The third kappa shape index (κ3) is 3.58. The lowest BCUT2D eigenvalue weighted by Gasteiger charge is -2.32. The number of anilines is 1. The number of nitrogen functional groups attached to an aromatic ring is 1. The van der Waals surface area contributed by atoms with E-state index in [1.54, 1.807) is 17.0 Å². The van der Waals surface area contributed by atoms with Crippen molar-refractivity contribution in [3.63, 3.8) is 0 Å². The molecule has 1 saturated heterocycles. The Kier molecular flexibility index (Phi) is 4.66. The predicted octanol–water partition coefficient (Wildman–Crippen LogP) is 3.22. The highest BCUT2D eigenvalue weighted by Crippen LogP contribution is 2.25. The van der Waals surface area contributed by atoms with Gasteiger partial charge in [0.2, 0.25) is 0 Å². The fourth-order valence-electron chi connectivity index (χ4n) is 3.43. The van der Waals surface area contributed by atoms with Crippen molar-refractivity contribution in [2.75, 3.05) is 25.4 Å². The second-order valence-electron chi connectivity index (χ2n) is 6.84. The summed E-state index contributed by atoms with van der Waals surface area (Å²) in [5.41, 5.74) is 6.75. The van der Waals surface area contributed by atoms with Gasteiger partial charge in [0.1, 0.15) is 11.6 Å². The van der Waals surface area contributed by atoms with Gasteiger partial charge in [-0.25, -0.2) is 4.39 Å². The molecule has 1 aromatic heterocycles. The first-order valence-electron chi connectivity index (χ1n) is 9.02. The standard InChI is InChI=1S/C20H21FN4O2/c21-17-4-2-1-3-15(17)20(26)25-9-7-13(8-10-25)12-27-14-5-6-16-18(11-14)23-24-19(16)22/h1-6,11,13H,7-10,12H2,(H3,22,23,24). The number of aromatic amines is 1. The van der Waals surface area contributed by atoms with Crippen LogP contribution in [0, 0.1) is 11.7 Å². The molecule has 0 saturated carbocycles. The van der Waals surface area contributed by atoms with Crippen LogP contribution < -0.4 is 10.5 Å². The Labute approximate surface area is 156 Å². The number of ether oxygens (including phenoxy) is 1. The van der Waals surface area contributed by atoms with Crippen LogP contribution in [0.3, 0.4) is 0 Å². The zero-order valence-electron chi connectivity index (χ0n) is 14.8. The molecule has 0 radical (unpaired) electrons. The van der Waals surface area contributed by atoms with Gasteiger partial charge >= 0.3 is 0 Å². The summed E-state index contributed by atoms with van der Waals surface area (Å²) in [6.45, 7) is 1.80. The van der Waals surface area contributed by atoms with Crippen LogP contribution in [0.2, 0.25) is 0 Å². The van der Waals surface area contributed by atoms with Crippen LogP contribution in [-0.4, -0.2) is 40.7 Å². The van der Waals surface area contributed by atoms with Crippen LogP contribution >= 0.6 is 0 Å². The number of halogens is 1. The first-order chi connectivity index (χ1) is 13.1. The molecule has 7 heteroatoms. The van der Waals surface area contributed by atoms with Gasteiger partial charge in [-0.05, 0) is 43.0 Å². The maximum Gasteiger partial charge on any atom is 0.256 e. The summed E-state index contributed by atoms with van der Waals surface area (Å²) in [7, 11) is 0. The summed E-state index contributed by atoms with van der Waals surface area (Å²) in [6, 6.07) is 11.8. The number of nitrogens with one attached hydrogen (secondary N) is 1. The summed E-state index contributed by atoms with van der Waals surface area (Å²) in [6.07, 6.45) is 1.67. The fourth-order valence-corrected chi connectivity index (χ4v) is 3.43. The third-order valence-corrected chi connectivity index (χ3v) is 5.06. The molecule has 0 unspecified atom stereocenters. The smallest absolute Gasteiger partial charge is 0.256 e. The van der Waals surface area contributed by atoms with Gasteiger partial charge < -0.3 is 15.4 Å². The highest BCUT2D eigenvalue weighted by molar-refractivity contribution is 5.94.